The van der Waals surface area contributed by atoms with E-state index in [0.717, 1.165) is 22.3 Å². The quantitative estimate of drug-likeness (QED) is 0.783. The molecule has 2 aromatic rings. The first-order chi connectivity index (χ1) is 12.4. The number of benzene rings is 2. The fourth-order valence-electron chi connectivity index (χ4n) is 4.03. The fraction of sp³-hybridized carbons (Fsp3) is 0.273. The number of carbonyl (C=O) groups is 2. The van der Waals surface area contributed by atoms with Crippen molar-refractivity contribution >= 4 is 23.1 Å². The average Bonchev–Trinajstić information content (AvgIpc) is 2.70. The van der Waals surface area contributed by atoms with Gasteiger partial charge in [-0.05, 0) is 36.1 Å². The van der Waals surface area contributed by atoms with Crippen molar-refractivity contribution in [2.75, 3.05) is 14.2 Å². The van der Waals surface area contributed by atoms with E-state index in [-0.39, 0.29) is 0 Å². The average molecular weight is 350 g/mol. The Balaban J connectivity index is 2.38. The summed E-state index contributed by atoms with van der Waals surface area (Å²) in [7, 11) is 2.68. The van der Waals surface area contributed by atoms with Crippen LogP contribution in [-0.2, 0) is 19.1 Å². The van der Waals surface area contributed by atoms with Gasteiger partial charge in [0.25, 0.3) is 0 Å². The molecule has 2 aromatic carbocycles. The van der Waals surface area contributed by atoms with Crippen molar-refractivity contribution < 1.29 is 19.1 Å². The van der Waals surface area contributed by atoms with Crippen molar-refractivity contribution in [1.82, 2.24) is 0 Å². The standard InChI is InChI=1S/C22H22O4/c1-21(19(23)25-3)17(15-11-7-5-8-12-15)18(16-13-9-6-10-14-16)22(21,2)20(24)26-4/h5-14H,1-4H3/t21-,22+. The Morgan fingerprint density at radius 3 is 1.23 bits per heavy atom. The third-order valence-corrected chi connectivity index (χ3v) is 5.56. The van der Waals surface area contributed by atoms with Gasteiger partial charge in [-0.3, -0.25) is 9.59 Å². The lowest BCUT2D eigenvalue weighted by atomic mass is 9.45. The Kier molecular flexibility index (Phi) is 4.45. The molecule has 2 atom stereocenters. The maximum Gasteiger partial charge on any atom is 0.317 e. The lowest BCUT2D eigenvalue weighted by Gasteiger charge is -2.54. The van der Waals surface area contributed by atoms with Crippen LogP contribution in [0.3, 0.4) is 0 Å². The van der Waals surface area contributed by atoms with Crippen LogP contribution in [0.4, 0.5) is 0 Å². The van der Waals surface area contributed by atoms with Crippen LogP contribution in [-0.4, -0.2) is 26.2 Å². The molecule has 0 amide bonds. The van der Waals surface area contributed by atoms with Gasteiger partial charge in [0.2, 0.25) is 0 Å². The van der Waals surface area contributed by atoms with Crippen LogP contribution in [0.25, 0.3) is 11.1 Å². The predicted molar refractivity (Wildman–Crippen MR) is 99.9 cm³/mol. The van der Waals surface area contributed by atoms with E-state index in [4.69, 9.17) is 9.47 Å². The molecule has 0 N–H and O–H groups in total. The first kappa shape index (κ1) is 17.9. The highest BCUT2D eigenvalue weighted by Crippen LogP contribution is 2.68. The summed E-state index contributed by atoms with van der Waals surface area (Å²) in [4.78, 5) is 25.7. The highest BCUT2D eigenvalue weighted by molar-refractivity contribution is 6.21. The predicted octanol–water partition coefficient (Wildman–Crippen LogP) is 3.97. The SMILES string of the molecule is COC(=O)[C@@]1(C)C(c2ccccc2)=C(c2ccccc2)[C@@]1(C)C(=O)OC. The number of carbonyl (C=O) groups excluding carboxylic acids is 2. The van der Waals surface area contributed by atoms with Gasteiger partial charge in [0.05, 0.1) is 14.2 Å². The lowest BCUT2D eigenvalue weighted by molar-refractivity contribution is -0.167. The second kappa shape index (κ2) is 6.45. The zero-order chi connectivity index (χ0) is 18.9. The van der Waals surface area contributed by atoms with Gasteiger partial charge in [-0.1, -0.05) is 60.7 Å². The summed E-state index contributed by atoms with van der Waals surface area (Å²) >= 11 is 0. The molecule has 26 heavy (non-hydrogen) atoms. The Morgan fingerprint density at radius 1 is 0.654 bits per heavy atom. The summed E-state index contributed by atoms with van der Waals surface area (Å²) in [5, 5.41) is 0. The van der Waals surface area contributed by atoms with Gasteiger partial charge in [-0.15, -0.1) is 0 Å². The molecular formula is C22H22O4. The number of methoxy groups -OCH3 is 2. The minimum atomic E-state index is -1.15. The highest BCUT2D eigenvalue weighted by atomic mass is 16.5. The maximum atomic E-state index is 12.8. The summed E-state index contributed by atoms with van der Waals surface area (Å²) in [5.41, 5.74) is 1.07. The molecule has 0 spiro atoms. The van der Waals surface area contributed by atoms with Gasteiger partial charge >= 0.3 is 11.9 Å². The van der Waals surface area contributed by atoms with Crippen molar-refractivity contribution in [1.29, 1.82) is 0 Å². The molecule has 0 fully saturated rings. The third kappa shape index (κ3) is 2.22. The van der Waals surface area contributed by atoms with E-state index in [1.165, 1.54) is 14.2 Å². The summed E-state index contributed by atoms with van der Waals surface area (Å²) in [6.45, 7) is 3.51. The van der Waals surface area contributed by atoms with Crippen LogP contribution < -0.4 is 0 Å². The molecule has 4 heteroatoms. The van der Waals surface area contributed by atoms with E-state index >= 15 is 0 Å². The number of hydrogen-bond donors (Lipinski definition) is 0. The van der Waals surface area contributed by atoms with Crippen LogP contribution in [0.2, 0.25) is 0 Å². The van der Waals surface area contributed by atoms with Gasteiger partial charge in [0.15, 0.2) is 0 Å². The minimum Gasteiger partial charge on any atom is -0.468 e. The van der Waals surface area contributed by atoms with Gasteiger partial charge in [-0.25, -0.2) is 0 Å². The van der Waals surface area contributed by atoms with Crippen LogP contribution in [0.15, 0.2) is 60.7 Å². The third-order valence-electron chi connectivity index (χ3n) is 5.56. The molecule has 0 bridgehead atoms. The fourth-order valence-corrected chi connectivity index (χ4v) is 4.03. The summed E-state index contributed by atoms with van der Waals surface area (Å²) in [6.07, 6.45) is 0. The Bertz CT molecular complexity index is 796. The first-order valence-corrected chi connectivity index (χ1v) is 8.45. The van der Waals surface area contributed by atoms with Crippen molar-refractivity contribution in [3.63, 3.8) is 0 Å². The first-order valence-electron chi connectivity index (χ1n) is 8.45. The Hall–Kier alpha value is -2.88. The molecule has 4 nitrogen and oxygen atoms in total. The highest BCUT2D eigenvalue weighted by Gasteiger charge is 2.69. The van der Waals surface area contributed by atoms with Crippen molar-refractivity contribution in [3.8, 4) is 0 Å². The van der Waals surface area contributed by atoms with Crippen LogP contribution in [0, 0.1) is 10.8 Å². The second-order valence-corrected chi connectivity index (χ2v) is 6.72. The van der Waals surface area contributed by atoms with Gasteiger partial charge in [-0.2, -0.15) is 0 Å². The monoisotopic (exact) mass is 350 g/mol. The number of hydrogen-bond acceptors (Lipinski definition) is 4. The molecular weight excluding hydrogens is 328 g/mol. The van der Waals surface area contributed by atoms with E-state index in [1.54, 1.807) is 13.8 Å². The van der Waals surface area contributed by atoms with E-state index in [2.05, 4.69) is 0 Å². The number of rotatable bonds is 4. The maximum absolute atomic E-state index is 12.8. The molecule has 0 heterocycles. The molecule has 0 saturated carbocycles. The summed E-state index contributed by atoms with van der Waals surface area (Å²) in [6, 6.07) is 19.2. The van der Waals surface area contributed by atoms with Gasteiger partial charge in [0, 0.05) is 0 Å². The van der Waals surface area contributed by atoms with E-state index in [0.29, 0.717) is 0 Å². The zero-order valence-corrected chi connectivity index (χ0v) is 15.4. The topological polar surface area (TPSA) is 52.6 Å². The zero-order valence-electron chi connectivity index (χ0n) is 15.4. The van der Waals surface area contributed by atoms with Crippen LogP contribution in [0.1, 0.15) is 25.0 Å². The Labute approximate surface area is 153 Å². The molecule has 0 unspecified atom stereocenters. The van der Waals surface area contributed by atoms with Crippen molar-refractivity contribution in [2.24, 2.45) is 10.8 Å². The van der Waals surface area contributed by atoms with E-state index in [1.807, 2.05) is 60.7 Å². The number of ether oxygens (including phenoxy) is 2. The molecule has 134 valence electrons. The van der Waals surface area contributed by atoms with Crippen molar-refractivity contribution in [3.05, 3.63) is 71.8 Å². The van der Waals surface area contributed by atoms with Crippen LogP contribution in [0.5, 0.6) is 0 Å². The van der Waals surface area contributed by atoms with Crippen molar-refractivity contribution in [2.45, 2.75) is 13.8 Å². The summed E-state index contributed by atoms with van der Waals surface area (Å²) in [5.74, 6) is -0.909. The van der Waals surface area contributed by atoms with Gasteiger partial charge in [0.1, 0.15) is 10.8 Å². The normalized spacial score (nSPS) is 24.6. The largest absolute Gasteiger partial charge is 0.468 e. The Morgan fingerprint density at radius 2 is 0.962 bits per heavy atom. The molecule has 3 rings (SSSR count). The smallest absolute Gasteiger partial charge is 0.317 e. The molecule has 0 aliphatic heterocycles. The number of esters is 2. The molecule has 0 saturated heterocycles. The van der Waals surface area contributed by atoms with E-state index < -0.39 is 22.8 Å². The van der Waals surface area contributed by atoms with Gasteiger partial charge < -0.3 is 9.47 Å². The van der Waals surface area contributed by atoms with Crippen LogP contribution >= 0.6 is 0 Å². The molecule has 0 radical (unpaired) electrons. The molecule has 1 aliphatic rings. The molecule has 0 aromatic heterocycles. The molecule has 1 aliphatic carbocycles. The van der Waals surface area contributed by atoms with E-state index in [9.17, 15) is 9.59 Å². The summed E-state index contributed by atoms with van der Waals surface area (Å²) < 4.78 is 10.2. The minimum absolute atomic E-state index is 0.455. The lowest BCUT2D eigenvalue weighted by Crippen LogP contribution is -2.58. The second-order valence-electron chi connectivity index (χ2n) is 6.72.